The monoisotopic (exact) mass is 164 g/mol. The van der Waals surface area contributed by atoms with Gasteiger partial charge < -0.3 is 9.47 Å². The van der Waals surface area contributed by atoms with E-state index in [0.29, 0.717) is 6.42 Å². The molecular formula is C6H9ClO3. The molecule has 3 nitrogen and oxygen atoms in total. The van der Waals surface area contributed by atoms with Gasteiger partial charge in [0.15, 0.2) is 5.06 Å². The highest BCUT2D eigenvalue weighted by molar-refractivity contribution is 6.27. The van der Waals surface area contributed by atoms with Crippen LogP contribution in [0.5, 0.6) is 0 Å². The van der Waals surface area contributed by atoms with E-state index in [2.05, 4.69) is 4.74 Å². The number of hydrogen-bond donors (Lipinski definition) is 0. The number of alkyl halides is 1. The maximum atomic E-state index is 10.8. The molecule has 0 bridgehead atoms. The maximum Gasteiger partial charge on any atom is 0.313 e. The standard InChI is InChI=1S/C6H9ClO3/c1-9-5(8)4-3-6(4,7)10-2/h4H,3H2,1-2H3/t4-,6-/m1/s1. The summed E-state index contributed by atoms with van der Waals surface area (Å²) < 4.78 is 9.32. The van der Waals surface area contributed by atoms with Gasteiger partial charge in [0.2, 0.25) is 0 Å². The van der Waals surface area contributed by atoms with Crippen LogP contribution in [0.25, 0.3) is 0 Å². The lowest BCUT2D eigenvalue weighted by molar-refractivity contribution is -0.143. The minimum Gasteiger partial charge on any atom is -0.469 e. The third-order valence-electron chi connectivity index (χ3n) is 1.67. The Hall–Kier alpha value is -0.280. The molecule has 0 aromatic heterocycles. The molecule has 0 aromatic carbocycles. The van der Waals surface area contributed by atoms with Crippen LogP contribution in [0.15, 0.2) is 0 Å². The fourth-order valence-corrected chi connectivity index (χ4v) is 1.09. The number of methoxy groups -OCH3 is 2. The second kappa shape index (κ2) is 2.40. The highest BCUT2D eigenvalue weighted by Gasteiger charge is 2.59. The minimum absolute atomic E-state index is 0.274. The number of halogens is 1. The molecule has 0 radical (unpaired) electrons. The van der Waals surface area contributed by atoms with Crippen molar-refractivity contribution < 1.29 is 14.3 Å². The number of carbonyl (C=O) groups excluding carboxylic acids is 1. The molecule has 0 heterocycles. The van der Waals surface area contributed by atoms with Crippen molar-refractivity contribution in [3.05, 3.63) is 0 Å². The summed E-state index contributed by atoms with van der Waals surface area (Å²) in [5.74, 6) is -0.569. The topological polar surface area (TPSA) is 35.5 Å². The molecule has 0 saturated heterocycles. The smallest absolute Gasteiger partial charge is 0.313 e. The van der Waals surface area contributed by atoms with Crippen LogP contribution in [0.4, 0.5) is 0 Å². The molecular weight excluding hydrogens is 156 g/mol. The molecule has 1 aliphatic carbocycles. The average molecular weight is 165 g/mol. The normalized spacial score (nSPS) is 37.3. The van der Waals surface area contributed by atoms with Crippen molar-refractivity contribution >= 4 is 17.6 Å². The third kappa shape index (κ3) is 1.11. The van der Waals surface area contributed by atoms with Crippen molar-refractivity contribution in [1.82, 2.24) is 0 Å². The summed E-state index contributed by atoms with van der Waals surface area (Å²) in [6, 6.07) is 0. The summed E-state index contributed by atoms with van der Waals surface area (Å²) in [6.07, 6.45) is 0.553. The number of esters is 1. The van der Waals surface area contributed by atoms with Gasteiger partial charge in [0, 0.05) is 13.5 Å². The van der Waals surface area contributed by atoms with E-state index in [9.17, 15) is 4.79 Å². The lowest BCUT2D eigenvalue weighted by atomic mass is 10.4. The Labute approximate surface area is 64.3 Å². The Kier molecular flexibility index (Phi) is 1.88. The van der Waals surface area contributed by atoms with Gasteiger partial charge in [-0.25, -0.2) is 0 Å². The molecule has 0 aliphatic heterocycles. The SMILES string of the molecule is COC(=O)[C@H]1C[C@@]1(Cl)OC. The van der Waals surface area contributed by atoms with Crippen LogP contribution in [-0.2, 0) is 14.3 Å². The fraction of sp³-hybridized carbons (Fsp3) is 0.833. The van der Waals surface area contributed by atoms with Crippen molar-refractivity contribution in [3.63, 3.8) is 0 Å². The first kappa shape index (κ1) is 7.82. The summed E-state index contributed by atoms with van der Waals surface area (Å²) in [7, 11) is 2.82. The first-order valence-corrected chi connectivity index (χ1v) is 3.33. The van der Waals surface area contributed by atoms with Gasteiger partial charge in [0.1, 0.15) is 5.92 Å². The Morgan fingerprint density at radius 3 is 2.60 bits per heavy atom. The first-order valence-electron chi connectivity index (χ1n) is 2.96. The van der Waals surface area contributed by atoms with Gasteiger partial charge in [-0.1, -0.05) is 11.6 Å². The lowest BCUT2D eigenvalue weighted by Gasteiger charge is -2.03. The third-order valence-corrected chi connectivity index (χ3v) is 2.24. The molecule has 1 rings (SSSR count). The largest absolute Gasteiger partial charge is 0.469 e. The molecule has 0 spiro atoms. The van der Waals surface area contributed by atoms with E-state index in [4.69, 9.17) is 16.3 Å². The van der Waals surface area contributed by atoms with Gasteiger partial charge in [0.25, 0.3) is 0 Å². The van der Waals surface area contributed by atoms with E-state index in [-0.39, 0.29) is 11.9 Å². The molecule has 0 amide bonds. The second-order valence-corrected chi connectivity index (χ2v) is 2.91. The van der Waals surface area contributed by atoms with E-state index in [1.54, 1.807) is 0 Å². The van der Waals surface area contributed by atoms with Crippen LogP contribution in [-0.4, -0.2) is 25.2 Å². The molecule has 1 fully saturated rings. The van der Waals surface area contributed by atoms with Crippen LogP contribution in [0, 0.1) is 5.92 Å². The number of rotatable bonds is 2. The van der Waals surface area contributed by atoms with Crippen LogP contribution in [0.1, 0.15) is 6.42 Å². The lowest BCUT2D eigenvalue weighted by Crippen LogP contribution is -2.13. The molecule has 4 heteroatoms. The van der Waals surface area contributed by atoms with Gasteiger partial charge >= 0.3 is 5.97 Å². The average Bonchev–Trinajstić information content (AvgIpc) is 2.62. The zero-order valence-corrected chi connectivity index (χ0v) is 6.64. The Morgan fingerprint density at radius 1 is 1.70 bits per heavy atom. The van der Waals surface area contributed by atoms with Gasteiger partial charge in [0.05, 0.1) is 7.11 Å². The predicted octanol–water partition coefficient (Wildman–Crippen LogP) is 0.761. The maximum absolute atomic E-state index is 10.8. The van der Waals surface area contributed by atoms with E-state index in [1.807, 2.05) is 0 Å². The quantitative estimate of drug-likeness (QED) is 0.447. The minimum atomic E-state index is -0.771. The fourth-order valence-electron chi connectivity index (χ4n) is 0.847. The number of hydrogen-bond acceptors (Lipinski definition) is 3. The van der Waals surface area contributed by atoms with E-state index in [1.165, 1.54) is 14.2 Å². The molecule has 58 valence electrons. The van der Waals surface area contributed by atoms with Crippen molar-refractivity contribution in [2.45, 2.75) is 11.5 Å². The van der Waals surface area contributed by atoms with Crippen molar-refractivity contribution in [2.24, 2.45) is 5.92 Å². The summed E-state index contributed by atoms with van der Waals surface area (Å²) in [5.41, 5.74) is 0. The zero-order valence-electron chi connectivity index (χ0n) is 5.89. The predicted molar refractivity (Wildman–Crippen MR) is 35.7 cm³/mol. The van der Waals surface area contributed by atoms with Gasteiger partial charge in [-0.2, -0.15) is 0 Å². The summed E-state index contributed by atoms with van der Waals surface area (Å²) in [5, 5.41) is -0.771. The van der Waals surface area contributed by atoms with Gasteiger partial charge in [-0.05, 0) is 0 Å². The van der Waals surface area contributed by atoms with Gasteiger partial charge in [-0.15, -0.1) is 0 Å². The Bertz CT molecular complexity index is 159. The van der Waals surface area contributed by atoms with Gasteiger partial charge in [-0.3, -0.25) is 4.79 Å². The molecule has 1 saturated carbocycles. The summed E-state index contributed by atoms with van der Waals surface area (Å²) >= 11 is 5.75. The summed E-state index contributed by atoms with van der Waals surface area (Å²) in [6.45, 7) is 0. The van der Waals surface area contributed by atoms with E-state index < -0.39 is 5.06 Å². The highest BCUT2D eigenvalue weighted by atomic mass is 35.5. The number of carbonyl (C=O) groups is 1. The molecule has 0 N–H and O–H groups in total. The van der Waals surface area contributed by atoms with Crippen LogP contribution in [0.2, 0.25) is 0 Å². The first-order chi connectivity index (χ1) is 4.64. The molecule has 0 aromatic rings. The van der Waals surface area contributed by atoms with Crippen molar-refractivity contribution in [3.8, 4) is 0 Å². The molecule has 0 unspecified atom stereocenters. The molecule has 2 atom stereocenters. The highest BCUT2D eigenvalue weighted by Crippen LogP contribution is 2.50. The Balaban J connectivity index is 2.44. The second-order valence-electron chi connectivity index (χ2n) is 2.27. The van der Waals surface area contributed by atoms with E-state index >= 15 is 0 Å². The molecule has 10 heavy (non-hydrogen) atoms. The van der Waals surface area contributed by atoms with Crippen LogP contribution < -0.4 is 0 Å². The Morgan fingerprint density at radius 2 is 2.30 bits per heavy atom. The zero-order chi connectivity index (χ0) is 7.78. The van der Waals surface area contributed by atoms with Crippen LogP contribution in [0.3, 0.4) is 0 Å². The number of ether oxygens (including phenoxy) is 2. The van der Waals surface area contributed by atoms with E-state index in [0.717, 1.165) is 0 Å². The van der Waals surface area contributed by atoms with Crippen molar-refractivity contribution in [1.29, 1.82) is 0 Å². The summed E-state index contributed by atoms with van der Waals surface area (Å²) in [4.78, 5) is 10.8. The van der Waals surface area contributed by atoms with Crippen molar-refractivity contribution in [2.75, 3.05) is 14.2 Å². The van der Waals surface area contributed by atoms with Crippen LogP contribution >= 0.6 is 11.6 Å². The molecule has 1 aliphatic rings.